The predicted octanol–water partition coefficient (Wildman–Crippen LogP) is 5.07. The van der Waals surface area contributed by atoms with E-state index >= 15 is 0 Å². The number of rotatable bonds is 4. The topological polar surface area (TPSA) is 12.0 Å². The van der Waals surface area contributed by atoms with Crippen molar-refractivity contribution in [2.24, 2.45) is 0 Å². The Morgan fingerprint density at radius 2 is 1.14 bits per heavy atom. The smallest absolute Gasteiger partial charge is 0.00662 e. The third kappa shape index (κ3) is 5.35. The van der Waals surface area contributed by atoms with Gasteiger partial charge < -0.3 is 5.32 Å². The molecule has 0 aliphatic heterocycles. The van der Waals surface area contributed by atoms with E-state index in [9.17, 15) is 0 Å². The molecule has 0 saturated heterocycles. The van der Waals surface area contributed by atoms with E-state index in [-0.39, 0.29) is 0 Å². The summed E-state index contributed by atoms with van der Waals surface area (Å²) >= 11 is 0. The van der Waals surface area contributed by atoms with Crippen molar-refractivity contribution >= 4 is 0 Å². The van der Waals surface area contributed by atoms with Gasteiger partial charge in [0.25, 0.3) is 0 Å². The van der Waals surface area contributed by atoms with Crippen LogP contribution in [0, 0.1) is 13.8 Å². The number of hydrogen-bond donors (Lipinski definition) is 1. The molecule has 0 aromatic heterocycles. The summed E-state index contributed by atoms with van der Waals surface area (Å²) in [5.41, 5.74) is 5.60. The molecule has 0 unspecified atom stereocenters. The number of benzene rings is 2. The molecule has 0 aliphatic rings. The zero-order valence-corrected chi connectivity index (χ0v) is 14.1. The molecule has 1 nitrogen and oxygen atoms in total. The van der Waals surface area contributed by atoms with Gasteiger partial charge in [0.1, 0.15) is 0 Å². The quantitative estimate of drug-likeness (QED) is 0.826. The molecular formula is C20H29N. The highest BCUT2D eigenvalue weighted by atomic mass is 14.8. The zero-order valence-electron chi connectivity index (χ0n) is 14.1. The molecule has 114 valence electrons. The van der Waals surface area contributed by atoms with E-state index < -0.39 is 0 Å². The van der Waals surface area contributed by atoms with E-state index in [1.165, 1.54) is 22.3 Å². The normalized spacial score (nSPS) is 10.2. The van der Waals surface area contributed by atoms with Gasteiger partial charge in [-0.1, -0.05) is 69.3 Å². The minimum Gasteiger partial charge on any atom is -0.317 e. The first kappa shape index (κ1) is 17.5. The van der Waals surface area contributed by atoms with Gasteiger partial charge in [0, 0.05) is 5.92 Å². The standard InChI is InChI=1S/C16H18.C4H11N/c1-12-8-4-6-10-15(12)14(3)16-11-7-5-9-13(16)2;1-3-5-4-2/h4-11,14H,1-3H3;5H,3-4H2,1-2H3. The molecule has 2 aromatic rings. The third-order valence-corrected chi connectivity index (χ3v) is 3.81. The minimum absolute atomic E-state index is 0.474. The van der Waals surface area contributed by atoms with Crippen molar-refractivity contribution in [3.63, 3.8) is 0 Å². The van der Waals surface area contributed by atoms with Crippen LogP contribution in [0.2, 0.25) is 0 Å². The van der Waals surface area contributed by atoms with Crippen LogP contribution in [0.15, 0.2) is 48.5 Å². The van der Waals surface area contributed by atoms with Crippen molar-refractivity contribution in [1.82, 2.24) is 5.32 Å². The van der Waals surface area contributed by atoms with Crippen LogP contribution in [-0.4, -0.2) is 13.1 Å². The molecule has 1 N–H and O–H groups in total. The van der Waals surface area contributed by atoms with Crippen LogP contribution < -0.4 is 5.32 Å². The van der Waals surface area contributed by atoms with Gasteiger partial charge in [-0.2, -0.15) is 0 Å². The van der Waals surface area contributed by atoms with E-state index in [0.717, 1.165) is 13.1 Å². The Kier molecular flexibility index (Phi) is 7.78. The summed E-state index contributed by atoms with van der Waals surface area (Å²) in [5.74, 6) is 0.474. The van der Waals surface area contributed by atoms with Crippen molar-refractivity contribution in [3.05, 3.63) is 70.8 Å². The fourth-order valence-corrected chi connectivity index (χ4v) is 2.56. The Bertz CT molecular complexity index is 483. The van der Waals surface area contributed by atoms with Crippen LogP contribution in [0.3, 0.4) is 0 Å². The Labute approximate surface area is 130 Å². The lowest BCUT2D eigenvalue weighted by atomic mass is 9.88. The monoisotopic (exact) mass is 283 g/mol. The molecule has 0 bridgehead atoms. The summed E-state index contributed by atoms with van der Waals surface area (Å²) in [5, 5.41) is 3.11. The highest BCUT2D eigenvalue weighted by Crippen LogP contribution is 2.28. The summed E-state index contributed by atoms with van der Waals surface area (Å²) in [6.45, 7) is 13.0. The summed E-state index contributed by atoms with van der Waals surface area (Å²) in [4.78, 5) is 0. The Morgan fingerprint density at radius 1 is 0.762 bits per heavy atom. The average Bonchev–Trinajstić information content (AvgIpc) is 2.49. The molecule has 0 aliphatic carbocycles. The maximum atomic E-state index is 3.11. The van der Waals surface area contributed by atoms with E-state index in [2.05, 4.69) is 88.5 Å². The Morgan fingerprint density at radius 3 is 1.43 bits per heavy atom. The van der Waals surface area contributed by atoms with Crippen molar-refractivity contribution in [3.8, 4) is 0 Å². The minimum atomic E-state index is 0.474. The molecule has 0 atom stereocenters. The lowest BCUT2D eigenvalue weighted by Gasteiger charge is -2.17. The van der Waals surface area contributed by atoms with Crippen molar-refractivity contribution in [2.75, 3.05) is 13.1 Å². The van der Waals surface area contributed by atoms with Gasteiger partial charge in [-0.15, -0.1) is 0 Å². The summed E-state index contributed by atoms with van der Waals surface area (Å²) in [6, 6.07) is 17.3. The summed E-state index contributed by atoms with van der Waals surface area (Å²) in [6.07, 6.45) is 0. The molecule has 1 heteroatoms. The molecule has 0 saturated carbocycles. The van der Waals surface area contributed by atoms with Gasteiger partial charge in [0.2, 0.25) is 0 Å². The number of hydrogen-bond acceptors (Lipinski definition) is 1. The maximum absolute atomic E-state index is 3.11. The van der Waals surface area contributed by atoms with Crippen molar-refractivity contribution in [1.29, 1.82) is 0 Å². The van der Waals surface area contributed by atoms with Crippen molar-refractivity contribution in [2.45, 2.75) is 40.5 Å². The summed E-state index contributed by atoms with van der Waals surface area (Å²) < 4.78 is 0. The second kappa shape index (κ2) is 9.36. The van der Waals surface area contributed by atoms with Crippen LogP contribution in [-0.2, 0) is 0 Å². The lowest BCUT2D eigenvalue weighted by molar-refractivity contribution is 0.762. The molecule has 0 spiro atoms. The maximum Gasteiger partial charge on any atom is 0.00662 e. The van der Waals surface area contributed by atoms with Gasteiger partial charge >= 0.3 is 0 Å². The second-order valence-electron chi connectivity index (χ2n) is 5.39. The zero-order chi connectivity index (χ0) is 15.7. The van der Waals surface area contributed by atoms with Crippen LogP contribution in [0.5, 0.6) is 0 Å². The fraction of sp³-hybridized carbons (Fsp3) is 0.400. The van der Waals surface area contributed by atoms with Crippen molar-refractivity contribution < 1.29 is 0 Å². The van der Waals surface area contributed by atoms with E-state index in [1.54, 1.807) is 0 Å². The predicted molar refractivity (Wildman–Crippen MR) is 94.1 cm³/mol. The van der Waals surface area contributed by atoms with E-state index in [1.807, 2.05) is 0 Å². The summed E-state index contributed by atoms with van der Waals surface area (Å²) in [7, 11) is 0. The number of aryl methyl sites for hydroxylation is 2. The largest absolute Gasteiger partial charge is 0.317 e. The molecule has 0 heterocycles. The molecule has 2 aromatic carbocycles. The van der Waals surface area contributed by atoms with E-state index in [0.29, 0.717) is 5.92 Å². The van der Waals surface area contributed by atoms with Gasteiger partial charge in [0.05, 0.1) is 0 Å². The second-order valence-corrected chi connectivity index (χ2v) is 5.39. The Hall–Kier alpha value is -1.60. The highest BCUT2D eigenvalue weighted by molar-refractivity contribution is 5.39. The fourth-order valence-electron chi connectivity index (χ4n) is 2.56. The van der Waals surface area contributed by atoms with Crippen LogP contribution in [0.1, 0.15) is 48.9 Å². The molecule has 21 heavy (non-hydrogen) atoms. The van der Waals surface area contributed by atoms with Gasteiger partial charge in [-0.3, -0.25) is 0 Å². The molecule has 0 radical (unpaired) electrons. The first-order chi connectivity index (χ1) is 10.1. The van der Waals surface area contributed by atoms with E-state index in [4.69, 9.17) is 0 Å². The lowest BCUT2D eigenvalue weighted by Crippen LogP contribution is -2.09. The first-order valence-corrected chi connectivity index (χ1v) is 7.93. The molecule has 2 rings (SSSR count). The van der Waals surface area contributed by atoms with Gasteiger partial charge in [-0.05, 0) is 49.2 Å². The first-order valence-electron chi connectivity index (χ1n) is 7.93. The van der Waals surface area contributed by atoms with Gasteiger partial charge in [-0.25, -0.2) is 0 Å². The highest BCUT2D eigenvalue weighted by Gasteiger charge is 2.11. The molecule has 0 amide bonds. The van der Waals surface area contributed by atoms with Crippen LogP contribution in [0.4, 0.5) is 0 Å². The average molecular weight is 283 g/mol. The SMILES string of the molecule is CCNCC.Cc1ccccc1C(C)c1ccccc1C. The number of nitrogens with one attached hydrogen (secondary N) is 1. The van der Waals surface area contributed by atoms with Crippen LogP contribution >= 0.6 is 0 Å². The molecular weight excluding hydrogens is 254 g/mol. The third-order valence-electron chi connectivity index (χ3n) is 3.81. The molecule has 0 fully saturated rings. The van der Waals surface area contributed by atoms with Crippen LogP contribution in [0.25, 0.3) is 0 Å². The Balaban J connectivity index is 0.000000383. The van der Waals surface area contributed by atoms with Gasteiger partial charge in [0.15, 0.2) is 0 Å².